The molecule has 2 heterocycles. The lowest BCUT2D eigenvalue weighted by molar-refractivity contribution is 0.154. The Kier molecular flexibility index (Phi) is 4.56. The third-order valence-corrected chi connectivity index (χ3v) is 4.90. The molecule has 1 aliphatic rings. The van der Waals surface area contributed by atoms with Crippen LogP contribution in [0.5, 0.6) is 0 Å². The molecule has 1 aromatic rings. The van der Waals surface area contributed by atoms with Gasteiger partial charge in [-0.15, -0.1) is 0 Å². The first kappa shape index (κ1) is 14.4. The highest BCUT2D eigenvalue weighted by Crippen LogP contribution is 2.19. The highest BCUT2D eigenvalue weighted by Gasteiger charge is 2.31. The number of aryl methyl sites for hydroxylation is 1. The largest absolute Gasteiger partial charge is 0.395 e. The maximum Gasteiger partial charge on any atom is 0.280 e. The molecule has 1 aliphatic heterocycles. The van der Waals surface area contributed by atoms with Gasteiger partial charge in [0.2, 0.25) is 0 Å². The van der Waals surface area contributed by atoms with Crippen molar-refractivity contribution >= 4 is 10.2 Å². The van der Waals surface area contributed by atoms with Crippen LogP contribution in [-0.4, -0.2) is 46.8 Å². The maximum atomic E-state index is 12.2. The number of piperidine rings is 1. The minimum absolute atomic E-state index is 0.134. The Morgan fingerprint density at radius 3 is 2.95 bits per heavy atom. The van der Waals surface area contributed by atoms with Gasteiger partial charge in [-0.05, 0) is 18.9 Å². The average Bonchev–Trinajstić information content (AvgIpc) is 2.82. The van der Waals surface area contributed by atoms with Crippen molar-refractivity contribution in [3.63, 3.8) is 0 Å². The van der Waals surface area contributed by atoms with Gasteiger partial charge in [0, 0.05) is 25.8 Å². The van der Waals surface area contributed by atoms with E-state index in [1.54, 1.807) is 24.0 Å². The minimum atomic E-state index is -3.56. The lowest BCUT2D eigenvalue weighted by Crippen LogP contribution is -2.50. The van der Waals surface area contributed by atoms with E-state index in [1.807, 2.05) is 0 Å². The summed E-state index contributed by atoms with van der Waals surface area (Å²) in [6, 6.07) is 1.46. The Balaban J connectivity index is 2.00. The quantitative estimate of drug-likeness (QED) is 0.772. The maximum absolute atomic E-state index is 12.2. The number of rotatable bonds is 5. The zero-order valence-corrected chi connectivity index (χ0v) is 11.8. The number of aliphatic hydroxyl groups is 1. The van der Waals surface area contributed by atoms with Crippen LogP contribution in [0.15, 0.2) is 12.3 Å². The first-order chi connectivity index (χ1) is 9.03. The van der Waals surface area contributed by atoms with Gasteiger partial charge in [-0.2, -0.15) is 22.5 Å². The standard InChI is InChI=1S/C11H20N4O3S/c1-14-7-5-10(13-14)8-12-19(17,18)15-6-3-2-4-11(15)9-16/h5,7,11-12,16H,2-4,6,8-9H2,1H3. The fourth-order valence-electron chi connectivity index (χ4n) is 2.28. The van der Waals surface area contributed by atoms with E-state index in [-0.39, 0.29) is 19.2 Å². The van der Waals surface area contributed by atoms with Crippen molar-refractivity contribution in [3.05, 3.63) is 18.0 Å². The zero-order valence-electron chi connectivity index (χ0n) is 11.0. The number of aliphatic hydroxyl groups excluding tert-OH is 1. The van der Waals surface area contributed by atoms with Gasteiger partial charge < -0.3 is 5.11 Å². The summed E-state index contributed by atoms with van der Waals surface area (Å²) in [6.45, 7) is 0.491. The summed E-state index contributed by atoms with van der Waals surface area (Å²) < 4.78 is 29.9. The molecule has 8 heteroatoms. The molecule has 0 bridgehead atoms. The summed E-state index contributed by atoms with van der Waals surface area (Å²) in [5.74, 6) is 0. The smallest absolute Gasteiger partial charge is 0.280 e. The number of nitrogens with zero attached hydrogens (tertiary/aromatic N) is 3. The Morgan fingerprint density at radius 2 is 2.32 bits per heavy atom. The van der Waals surface area contributed by atoms with Gasteiger partial charge in [0.1, 0.15) is 0 Å². The molecule has 7 nitrogen and oxygen atoms in total. The van der Waals surface area contributed by atoms with E-state index in [4.69, 9.17) is 0 Å². The van der Waals surface area contributed by atoms with Crippen molar-refractivity contribution in [2.24, 2.45) is 7.05 Å². The Labute approximate surface area is 113 Å². The molecule has 0 aromatic carbocycles. The molecule has 0 radical (unpaired) electrons. The molecule has 1 fully saturated rings. The summed E-state index contributed by atoms with van der Waals surface area (Å²) >= 11 is 0. The van der Waals surface area contributed by atoms with Crippen LogP contribution in [0.3, 0.4) is 0 Å². The first-order valence-corrected chi connectivity index (χ1v) is 7.83. The van der Waals surface area contributed by atoms with E-state index in [0.29, 0.717) is 18.7 Å². The second kappa shape index (κ2) is 6.00. The number of hydrogen-bond donors (Lipinski definition) is 2. The SMILES string of the molecule is Cn1ccc(CNS(=O)(=O)N2CCCCC2CO)n1. The lowest BCUT2D eigenvalue weighted by Gasteiger charge is -2.33. The van der Waals surface area contributed by atoms with Gasteiger partial charge in [-0.3, -0.25) is 4.68 Å². The molecule has 2 N–H and O–H groups in total. The molecule has 1 unspecified atom stereocenters. The summed E-state index contributed by atoms with van der Waals surface area (Å²) in [6.07, 6.45) is 4.26. The van der Waals surface area contributed by atoms with Gasteiger partial charge in [0.05, 0.1) is 18.8 Å². The minimum Gasteiger partial charge on any atom is -0.395 e. The molecule has 0 spiro atoms. The topological polar surface area (TPSA) is 87.5 Å². The molecule has 1 saturated heterocycles. The fourth-order valence-corrected chi connectivity index (χ4v) is 3.71. The second-order valence-electron chi connectivity index (χ2n) is 4.75. The third-order valence-electron chi connectivity index (χ3n) is 3.30. The molecule has 108 valence electrons. The van der Waals surface area contributed by atoms with Crippen LogP contribution in [0.1, 0.15) is 25.0 Å². The van der Waals surface area contributed by atoms with Crippen molar-refractivity contribution in [2.45, 2.75) is 31.8 Å². The van der Waals surface area contributed by atoms with E-state index in [9.17, 15) is 13.5 Å². The van der Waals surface area contributed by atoms with Gasteiger partial charge in [-0.25, -0.2) is 0 Å². The van der Waals surface area contributed by atoms with Crippen molar-refractivity contribution in [1.82, 2.24) is 18.8 Å². The predicted molar refractivity (Wildman–Crippen MR) is 70.4 cm³/mol. The van der Waals surface area contributed by atoms with E-state index in [1.165, 1.54) is 4.31 Å². The molecular weight excluding hydrogens is 268 g/mol. The van der Waals surface area contributed by atoms with Gasteiger partial charge in [0.15, 0.2) is 0 Å². The van der Waals surface area contributed by atoms with Gasteiger partial charge in [-0.1, -0.05) is 6.42 Å². The summed E-state index contributed by atoms with van der Waals surface area (Å²) in [5, 5.41) is 13.4. The Hall–Kier alpha value is -0.960. The molecule has 2 rings (SSSR count). The molecule has 0 aliphatic carbocycles. The summed E-state index contributed by atoms with van der Waals surface area (Å²) in [7, 11) is -1.78. The van der Waals surface area contributed by atoms with Crippen molar-refractivity contribution in [2.75, 3.05) is 13.2 Å². The second-order valence-corrected chi connectivity index (χ2v) is 6.46. The highest BCUT2D eigenvalue weighted by molar-refractivity contribution is 7.87. The molecule has 1 atom stereocenters. The highest BCUT2D eigenvalue weighted by atomic mass is 32.2. The molecular formula is C11H20N4O3S. The number of hydrogen-bond acceptors (Lipinski definition) is 4. The third kappa shape index (κ3) is 3.53. The van der Waals surface area contributed by atoms with Crippen molar-refractivity contribution in [1.29, 1.82) is 0 Å². The Morgan fingerprint density at radius 1 is 1.53 bits per heavy atom. The average molecular weight is 288 g/mol. The predicted octanol–water partition coefficient (Wildman–Crippen LogP) is -0.399. The molecule has 19 heavy (non-hydrogen) atoms. The van der Waals surface area contributed by atoms with Crippen LogP contribution >= 0.6 is 0 Å². The first-order valence-electron chi connectivity index (χ1n) is 6.39. The van der Waals surface area contributed by atoms with Gasteiger partial charge >= 0.3 is 0 Å². The van der Waals surface area contributed by atoms with E-state index in [0.717, 1.165) is 12.8 Å². The molecule has 1 aromatic heterocycles. The van der Waals surface area contributed by atoms with E-state index < -0.39 is 10.2 Å². The van der Waals surface area contributed by atoms with E-state index in [2.05, 4.69) is 9.82 Å². The van der Waals surface area contributed by atoms with Crippen LogP contribution in [0.25, 0.3) is 0 Å². The Bertz CT molecular complexity index is 514. The fraction of sp³-hybridized carbons (Fsp3) is 0.727. The molecule has 0 amide bonds. The van der Waals surface area contributed by atoms with Crippen molar-refractivity contribution < 1.29 is 13.5 Å². The monoisotopic (exact) mass is 288 g/mol. The van der Waals surface area contributed by atoms with Crippen molar-refractivity contribution in [3.8, 4) is 0 Å². The van der Waals surface area contributed by atoms with Crippen LogP contribution in [0.2, 0.25) is 0 Å². The lowest BCUT2D eigenvalue weighted by atomic mass is 10.1. The molecule has 0 saturated carbocycles. The zero-order chi connectivity index (χ0) is 13.9. The number of aromatic nitrogens is 2. The summed E-state index contributed by atoms with van der Waals surface area (Å²) in [5.41, 5.74) is 0.670. The van der Waals surface area contributed by atoms with E-state index >= 15 is 0 Å². The number of nitrogens with one attached hydrogen (secondary N) is 1. The van der Waals surface area contributed by atoms with Crippen LogP contribution in [-0.2, 0) is 23.8 Å². The normalized spacial score (nSPS) is 21.7. The van der Waals surface area contributed by atoms with Crippen LogP contribution in [0.4, 0.5) is 0 Å². The van der Waals surface area contributed by atoms with Gasteiger partial charge in [0.25, 0.3) is 10.2 Å². The van der Waals surface area contributed by atoms with Crippen LogP contribution < -0.4 is 4.72 Å². The summed E-state index contributed by atoms with van der Waals surface area (Å²) in [4.78, 5) is 0. The van der Waals surface area contributed by atoms with Crippen LogP contribution in [0, 0.1) is 0 Å².